The molecule has 1 amide bonds. The highest BCUT2D eigenvalue weighted by Crippen LogP contribution is 2.23. The van der Waals surface area contributed by atoms with Crippen LogP contribution in [0.25, 0.3) is 0 Å². The van der Waals surface area contributed by atoms with E-state index in [9.17, 15) is 13.2 Å². The Morgan fingerprint density at radius 3 is 2.70 bits per heavy atom. The number of nitriles is 1. The van der Waals surface area contributed by atoms with Gasteiger partial charge in [0.2, 0.25) is 15.9 Å². The molecular weight excluding hydrogens is 410 g/mol. The molecule has 3 rings (SSSR count). The minimum atomic E-state index is -3.73. The number of pyridine rings is 2. The largest absolute Gasteiger partial charge is 0.473 e. The van der Waals surface area contributed by atoms with Gasteiger partial charge in [0.25, 0.3) is 0 Å². The lowest BCUT2D eigenvalue weighted by molar-refractivity contribution is 0.129. The van der Waals surface area contributed by atoms with E-state index < -0.39 is 27.9 Å². The van der Waals surface area contributed by atoms with Crippen LogP contribution in [0.1, 0.15) is 30.0 Å². The maximum Gasteiger partial charge on any atom is 0.405 e. The van der Waals surface area contributed by atoms with E-state index in [0.29, 0.717) is 24.0 Å². The van der Waals surface area contributed by atoms with E-state index in [2.05, 4.69) is 15.3 Å². The Morgan fingerprint density at radius 1 is 1.33 bits per heavy atom. The minimum absolute atomic E-state index is 0.231. The standard InChI is InChI=1S/C19H21N5O5S/c20-11-14-3-2-8-22-18(14)29-16-5-9-24(10-6-16)30(27,28)13-17(23-19(25)26)15-4-1-7-21-12-15/h1-4,7-8,12,16-17,23H,5-6,9-10,13H2,(H,25,26)/t17-/m0/s1. The van der Waals surface area contributed by atoms with Crippen LogP contribution in [0.3, 0.4) is 0 Å². The van der Waals surface area contributed by atoms with E-state index in [4.69, 9.17) is 15.1 Å². The molecule has 1 atom stereocenters. The van der Waals surface area contributed by atoms with Gasteiger partial charge in [-0.05, 0) is 36.6 Å². The van der Waals surface area contributed by atoms with Gasteiger partial charge in [0.1, 0.15) is 17.7 Å². The van der Waals surface area contributed by atoms with Gasteiger partial charge in [0.05, 0.1) is 11.8 Å². The van der Waals surface area contributed by atoms with Gasteiger partial charge in [-0.1, -0.05) is 6.07 Å². The smallest absolute Gasteiger partial charge is 0.405 e. The number of amides is 1. The summed E-state index contributed by atoms with van der Waals surface area (Å²) in [4.78, 5) is 19.1. The van der Waals surface area contributed by atoms with Crippen molar-refractivity contribution < 1.29 is 23.1 Å². The molecule has 158 valence electrons. The monoisotopic (exact) mass is 431 g/mol. The fourth-order valence-electron chi connectivity index (χ4n) is 3.22. The SMILES string of the molecule is N#Cc1cccnc1OC1CCN(S(=O)(=O)C[C@H](NC(=O)O)c2cccnc2)CC1. The molecule has 11 heteroatoms. The number of nitrogens with zero attached hydrogens (tertiary/aromatic N) is 4. The van der Waals surface area contributed by atoms with Crippen molar-refractivity contribution >= 4 is 16.1 Å². The van der Waals surface area contributed by atoms with Crippen LogP contribution < -0.4 is 10.1 Å². The second-order valence-corrected chi connectivity index (χ2v) is 8.76. The zero-order valence-corrected chi connectivity index (χ0v) is 16.8. The second kappa shape index (κ2) is 9.51. The van der Waals surface area contributed by atoms with E-state index in [1.54, 1.807) is 24.3 Å². The van der Waals surface area contributed by atoms with Gasteiger partial charge < -0.3 is 15.2 Å². The van der Waals surface area contributed by atoms with Gasteiger partial charge in [-0.15, -0.1) is 0 Å². The van der Waals surface area contributed by atoms with Gasteiger partial charge in [0.15, 0.2) is 0 Å². The number of piperidine rings is 1. The van der Waals surface area contributed by atoms with Crippen LogP contribution in [0.2, 0.25) is 0 Å². The molecule has 0 radical (unpaired) electrons. The van der Waals surface area contributed by atoms with E-state index >= 15 is 0 Å². The van der Waals surface area contributed by atoms with Crippen molar-refractivity contribution in [2.45, 2.75) is 25.0 Å². The first-order chi connectivity index (χ1) is 14.4. The maximum atomic E-state index is 12.9. The molecule has 1 aliphatic heterocycles. The van der Waals surface area contributed by atoms with Gasteiger partial charge >= 0.3 is 6.09 Å². The molecule has 3 heterocycles. The normalized spacial score (nSPS) is 16.4. The summed E-state index contributed by atoms with van der Waals surface area (Å²) < 4.78 is 32.9. The lowest BCUT2D eigenvalue weighted by Gasteiger charge is -2.32. The average molecular weight is 431 g/mol. The molecule has 30 heavy (non-hydrogen) atoms. The summed E-state index contributed by atoms with van der Waals surface area (Å²) >= 11 is 0. The van der Waals surface area contributed by atoms with Crippen molar-refractivity contribution in [1.82, 2.24) is 19.6 Å². The van der Waals surface area contributed by atoms with Crippen molar-refractivity contribution in [3.05, 3.63) is 54.0 Å². The highest BCUT2D eigenvalue weighted by Gasteiger charge is 2.32. The quantitative estimate of drug-likeness (QED) is 0.671. The molecule has 1 fully saturated rings. The van der Waals surface area contributed by atoms with Crippen LogP contribution in [0.15, 0.2) is 42.9 Å². The Balaban J connectivity index is 1.63. The highest BCUT2D eigenvalue weighted by atomic mass is 32.2. The molecule has 2 aromatic rings. The van der Waals surface area contributed by atoms with Crippen LogP contribution in [0, 0.1) is 11.3 Å². The van der Waals surface area contributed by atoms with Crippen molar-refractivity contribution in [3.63, 3.8) is 0 Å². The van der Waals surface area contributed by atoms with Crippen LogP contribution >= 0.6 is 0 Å². The number of hydrogen-bond donors (Lipinski definition) is 2. The van der Waals surface area contributed by atoms with E-state index in [1.807, 2.05) is 6.07 Å². The highest BCUT2D eigenvalue weighted by molar-refractivity contribution is 7.89. The molecule has 0 aliphatic carbocycles. The molecule has 1 saturated heterocycles. The zero-order chi connectivity index (χ0) is 21.6. The number of hydrogen-bond acceptors (Lipinski definition) is 7. The summed E-state index contributed by atoms with van der Waals surface area (Å²) in [5, 5.41) is 20.5. The maximum absolute atomic E-state index is 12.9. The predicted octanol–water partition coefficient (Wildman–Crippen LogP) is 1.53. The third kappa shape index (κ3) is 5.43. The predicted molar refractivity (Wildman–Crippen MR) is 106 cm³/mol. The van der Waals surface area contributed by atoms with Crippen molar-refractivity contribution in [3.8, 4) is 11.9 Å². The fraction of sp³-hybridized carbons (Fsp3) is 0.368. The molecule has 0 aromatic carbocycles. The Bertz CT molecular complexity index is 1020. The summed E-state index contributed by atoms with van der Waals surface area (Å²) in [6, 6.07) is 7.59. The first-order valence-electron chi connectivity index (χ1n) is 9.28. The Kier molecular flexibility index (Phi) is 6.81. The average Bonchev–Trinajstić information content (AvgIpc) is 2.74. The minimum Gasteiger partial charge on any atom is -0.473 e. The third-order valence-electron chi connectivity index (χ3n) is 4.73. The number of nitrogens with one attached hydrogen (secondary N) is 1. The van der Waals surface area contributed by atoms with Gasteiger partial charge in [-0.25, -0.2) is 22.5 Å². The number of sulfonamides is 1. The van der Waals surface area contributed by atoms with Crippen LogP contribution in [-0.4, -0.2) is 58.8 Å². The number of aromatic nitrogens is 2. The molecule has 1 aliphatic rings. The molecule has 0 bridgehead atoms. The summed E-state index contributed by atoms with van der Waals surface area (Å²) in [6.07, 6.45) is 3.80. The van der Waals surface area contributed by atoms with Gasteiger partial charge in [0, 0.05) is 31.7 Å². The Labute approximate surface area is 174 Å². The van der Waals surface area contributed by atoms with Gasteiger partial charge in [-0.3, -0.25) is 4.98 Å². The van der Waals surface area contributed by atoms with Crippen LogP contribution in [-0.2, 0) is 10.0 Å². The van der Waals surface area contributed by atoms with E-state index in [0.717, 1.165) is 0 Å². The Hall–Kier alpha value is -3.23. The number of carboxylic acid groups (broad SMARTS) is 1. The first kappa shape index (κ1) is 21.5. The molecule has 0 unspecified atom stereocenters. The summed E-state index contributed by atoms with van der Waals surface area (Å²) in [5.74, 6) is -0.168. The molecule has 10 nitrogen and oxygen atoms in total. The van der Waals surface area contributed by atoms with E-state index in [1.165, 1.54) is 22.9 Å². The summed E-state index contributed by atoms with van der Waals surface area (Å²) in [6.45, 7) is 0.461. The topological polar surface area (TPSA) is 146 Å². The Morgan fingerprint density at radius 2 is 2.07 bits per heavy atom. The summed E-state index contributed by atoms with van der Waals surface area (Å²) in [7, 11) is -3.73. The molecule has 0 saturated carbocycles. The summed E-state index contributed by atoms with van der Waals surface area (Å²) in [5.41, 5.74) is 0.799. The van der Waals surface area contributed by atoms with E-state index in [-0.39, 0.29) is 25.1 Å². The number of ether oxygens (including phenoxy) is 1. The van der Waals surface area contributed by atoms with Crippen LogP contribution in [0.4, 0.5) is 4.79 Å². The van der Waals surface area contributed by atoms with Crippen molar-refractivity contribution in [2.24, 2.45) is 0 Å². The lowest BCUT2D eigenvalue weighted by atomic mass is 10.1. The van der Waals surface area contributed by atoms with Gasteiger partial charge in [-0.2, -0.15) is 5.26 Å². The molecule has 0 spiro atoms. The number of rotatable bonds is 7. The van der Waals surface area contributed by atoms with Crippen LogP contribution in [0.5, 0.6) is 5.88 Å². The third-order valence-corrected chi connectivity index (χ3v) is 6.63. The lowest BCUT2D eigenvalue weighted by Crippen LogP contribution is -2.45. The van der Waals surface area contributed by atoms with Crippen molar-refractivity contribution in [2.75, 3.05) is 18.8 Å². The first-order valence-corrected chi connectivity index (χ1v) is 10.9. The zero-order valence-electron chi connectivity index (χ0n) is 16.0. The fourth-order valence-corrected chi connectivity index (χ4v) is 4.90. The number of carbonyl (C=O) groups is 1. The molecule has 2 aromatic heterocycles. The second-order valence-electron chi connectivity index (χ2n) is 6.75. The molecular formula is C19H21N5O5S. The van der Waals surface area contributed by atoms with Crippen molar-refractivity contribution in [1.29, 1.82) is 5.26 Å². The molecule has 2 N–H and O–H groups in total.